The Labute approximate surface area is 142 Å². The summed E-state index contributed by atoms with van der Waals surface area (Å²) in [5.41, 5.74) is 3.31. The first kappa shape index (κ1) is 16.5. The minimum Gasteiger partial charge on any atom is -0.496 e. The maximum atomic E-state index is 11.7. The van der Waals surface area contributed by atoms with E-state index in [0.29, 0.717) is 6.42 Å². The number of nitrogens with zero attached hydrogens (tertiary/aromatic N) is 1. The molecule has 0 spiro atoms. The highest BCUT2D eigenvalue weighted by Gasteiger charge is 2.38. The number of methoxy groups -OCH3 is 1. The summed E-state index contributed by atoms with van der Waals surface area (Å²) in [7, 11) is 1.66. The smallest absolute Gasteiger partial charge is 0.320 e. The van der Waals surface area contributed by atoms with Crippen LogP contribution in [0.1, 0.15) is 35.6 Å². The molecular weight excluding hydrogens is 302 g/mol. The van der Waals surface area contributed by atoms with Crippen LogP contribution >= 0.6 is 0 Å². The number of rotatable bonds is 5. The van der Waals surface area contributed by atoms with Crippen LogP contribution in [0, 0.1) is 6.92 Å². The molecule has 0 radical (unpaired) electrons. The molecule has 0 bridgehead atoms. The Morgan fingerprint density at radius 1 is 1.17 bits per heavy atom. The van der Waals surface area contributed by atoms with E-state index in [2.05, 4.69) is 24.0 Å². The zero-order valence-electron chi connectivity index (χ0n) is 14.1. The van der Waals surface area contributed by atoms with Crippen molar-refractivity contribution in [3.8, 4) is 5.75 Å². The van der Waals surface area contributed by atoms with Gasteiger partial charge >= 0.3 is 5.97 Å². The van der Waals surface area contributed by atoms with Gasteiger partial charge < -0.3 is 9.84 Å². The lowest BCUT2D eigenvalue weighted by Crippen LogP contribution is -2.39. The summed E-state index contributed by atoms with van der Waals surface area (Å²) in [6.07, 6.45) is 1.58. The molecule has 1 N–H and O–H groups in total. The SMILES string of the molecule is COc1ccccc1C(c1ccccc1C)N1CCCC1C(=O)O. The Morgan fingerprint density at radius 2 is 1.83 bits per heavy atom. The van der Waals surface area contributed by atoms with Crippen molar-refractivity contribution in [3.05, 3.63) is 65.2 Å². The van der Waals surface area contributed by atoms with Gasteiger partial charge in [-0.15, -0.1) is 0 Å². The van der Waals surface area contributed by atoms with Gasteiger partial charge in [0.15, 0.2) is 0 Å². The summed E-state index contributed by atoms with van der Waals surface area (Å²) in [6.45, 7) is 2.84. The number of hydrogen-bond donors (Lipinski definition) is 1. The molecule has 2 unspecified atom stereocenters. The molecule has 4 nitrogen and oxygen atoms in total. The number of carbonyl (C=O) groups is 1. The van der Waals surface area contributed by atoms with Gasteiger partial charge in [-0.25, -0.2) is 0 Å². The Hall–Kier alpha value is -2.33. The molecule has 0 saturated carbocycles. The number of para-hydroxylation sites is 1. The Bertz CT molecular complexity index is 728. The Balaban J connectivity index is 2.15. The molecule has 1 saturated heterocycles. The summed E-state index contributed by atoms with van der Waals surface area (Å²) >= 11 is 0. The van der Waals surface area contributed by atoms with Crippen LogP contribution in [-0.4, -0.2) is 35.7 Å². The van der Waals surface area contributed by atoms with E-state index in [-0.39, 0.29) is 6.04 Å². The molecule has 2 aromatic rings. The van der Waals surface area contributed by atoms with Crippen molar-refractivity contribution in [2.75, 3.05) is 13.7 Å². The lowest BCUT2D eigenvalue weighted by molar-refractivity contribution is -0.142. The van der Waals surface area contributed by atoms with Crippen LogP contribution in [0.5, 0.6) is 5.75 Å². The highest BCUT2D eigenvalue weighted by Crippen LogP contribution is 2.39. The first-order valence-electron chi connectivity index (χ1n) is 8.30. The van der Waals surface area contributed by atoms with Gasteiger partial charge in [0.05, 0.1) is 13.2 Å². The van der Waals surface area contributed by atoms with Crippen LogP contribution in [0.15, 0.2) is 48.5 Å². The van der Waals surface area contributed by atoms with Crippen LogP contribution in [0.2, 0.25) is 0 Å². The van der Waals surface area contributed by atoms with Crippen molar-refractivity contribution >= 4 is 5.97 Å². The molecule has 0 aliphatic carbocycles. The van der Waals surface area contributed by atoms with Gasteiger partial charge in [-0.05, 0) is 37.0 Å². The molecule has 2 atom stereocenters. The van der Waals surface area contributed by atoms with Crippen molar-refractivity contribution in [1.29, 1.82) is 0 Å². The molecule has 126 valence electrons. The van der Waals surface area contributed by atoms with Gasteiger partial charge in [-0.2, -0.15) is 0 Å². The van der Waals surface area contributed by atoms with Crippen LogP contribution < -0.4 is 4.74 Å². The summed E-state index contributed by atoms with van der Waals surface area (Å²) in [5, 5.41) is 9.65. The maximum Gasteiger partial charge on any atom is 0.320 e. The molecule has 0 amide bonds. The van der Waals surface area contributed by atoms with Crippen molar-refractivity contribution in [1.82, 2.24) is 4.90 Å². The standard InChI is InChI=1S/C20H23NO3/c1-14-8-3-4-9-15(14)19(16-10-5-6-12-18(16)24-2)21-13-7-11-17(21)20(22)23/h3-6,8-10,12,17,19H,7,11,13H2,1-2H3,(H,22,23). The average molecular weight is 325 g/mol. The third kappa shape index (κ3) is 3.02. The van der Waals surface area contributed by atoms with E-state index in [0.717, 1.165) is 35.4 Å². The van der Waals surface area contributed by atoms with Crippen LogP contribution in [-0.2, 0) is 4.79 Å². The van der Waals surface area contributed by atoms with Crippen LogP contribution in [0.25, 0.3) is 0 Å². The predicted octanol–water partition coefficient (Wildman–Crippen LogP) is 3.64. The largest absolute Gasteiger partial charge is 0.496 e. The van der Waals surface area contributed by atoms with Gasteiger partial charge in [0, 0.05) is 12.1 Å². The molecule has 0 aromatic heterocycles. The first-order valence-corrected chi connectivity index (χ1v) is 8.30. The van der Waals surface area contributed by atoms with Crippen molar-refractivity contribution in [3.63, 3.8) is 0 Å². The number of benzene rings is 2. The predicted molar refractivity (Wildman–Crippen MR) is 93.4 cm³/mol. The third-order valence-corrected chi connectivity index (χ3v) is 4.83. The second-order valence-corrected chi connectivity index (χ2v) is 6.24. The van der Waals surface area contributed by atoms with E-state index >= 15 is 0 Å². The normalized spacial score (nSPS) is 19.2. The van der Waals surface area contributed by atoms with E-state index in [9.17, 15) is 9.90 Å². The molecular formula is C20H23NO3. The van der Waals surface area contributed by atoms with Gasteiger partial charge in [0.2, 0.25) is 0 Å². The third-order valence-electron chi connectivity index (χ3n) is 4.83. The van der Waals surface area contributed by atoms with E-state index < -0.39 is 12.0 Å². The fourth-order valence-electron chi connectivity index (χ4n) is 3.67. The van der Waals surface area contributed by atoms with Crippen molar-refractivity contribution < 1.29 is 14.6 Å². The first-order chi connectivity index (χ1) is 11.6. The number of carboxylic acids is 1. The fourth-order valence-corrected chi connectivity index (χ4v) is 3.67. The quantitative estimate of drug-likeness (QED) is 0.912. The zero-order valence-corrected chi connectivity index (χ0v) is 14.1. The maximum absolute atomic E-state index is 11.7. The molecule has 1 aliphatic rings. The second kappa shape index (κ2) is 7.05. The monoisotopic (exact) mass is 325 g/mol. The topological polar surface area (TPSA) is 49.8 Å². The Kier molecular flexibility index (Phi) is 4.86. The highest BCUT2D eigenvalue weighted by molar-refractivity contribution is 5.74. The number of carboxylic acid groups (broad SMARTS) is 1. The summed E-state index contributed by atoms with van der Waals surface area (Å²) < 4.78 is 5.57. The van der Waals surface area contributed by atoms with E-state index in [4.69, 9.17) is 4.74 Å². The van der Waals surface area contributed by atoms with E-state index in [1.807, 2.05) is 36.4 Å². The van der Waals surface area contributed by atoms with Gasteiger partial charge in [-0.1, -0.05) is 42.5 Å². The number of aliphatic carboxylic acids is 1. The number of hydrogen-bond acceptors (Lipinski definition) is 3. The number of aryl methyl sites for hydroxylation is 1. The van der Waals surface area contributed by atoms with Gasteiger partial charge in [0.1, 0.15) is 11.8 Å². The van der Waals surface area contributed by atoms with Crippen molar-refractivity contribution in [2.24, 2.45) is 0 Å². The minimum absolute atomic E-state index is 0.119. The molecule has 24 heavy (non-hydrogen) atoms. The number of ether oxygens (including phenoxy) is 1. The van der Waals surface area contributed by atoms with Gasteiger partial charge in [-0.3, -0.25) is 9.69 Å². The fraction of sp³-hybridized carbons (Fsp3) is 0.350. The molecule has 3 rings (SSSR count). The van der Waals surface area contributed by atoms with Crippen molar-refractivity contribution in [2.45, 2.75) is 31.8 Å². The molecule has 4 heteroatoms. The van der Waals surface area contributed by atoms with E-state index in [1.165, 1.54) is 0 Å². The highest BCUT2D eigenvalue weighted by atomic mass is 16.5. The molecule has 1 fully saturated rings. The summed E-state index contributed by atoms with van der Waals surface area (Å²) in [5.74, 6) is 0.0442. The van der Waals surface area contributed by atoms with Crippen LogP contribution in [0.4, 0.5) is 0 Å². The lowest BCUT2D eigenvalue weighted by atomic mass is 9.92. The number of likely N-dealkylation sites (tertiary alicyclic amines) is 1. The summed E-state index contributed by atoms with van der Waals surface area (Å²) in [6, 6.07) is 15.5. The van der Waals surface area contributed by atoms with Gasteiger partial charge in [0.25, 0.3) is 0 Å². The average Bonchev–Trinajstić information content (AvgIpc) is 3.07. The molecule has 1 heterocycles. The zero-order chi connectivity index (χ0) is 17.1. The molecule has 1 aliphatic heterocycles. The van der Waals surface area contributed by atoms with E-state index in [1.54, 1.807) is 7.11 Å². The Morgan fingerprint density at radius 3 is 2.50 bits per heavy atom. The second-order valence-electron chi connectivity index (χ2n) is 6.24. The molecule has 2 aromatic carbocycles. The minimum atomic E-state index is -0.749. The van der Waals surface area contributed by atoms with Crippen LogP contribution in [0.3, 0.4) is 0 Å². The lowest BCUT2D eigenvalue weighted by Gasteiger charge is -2.33. The summed E-state index contributed by atoms with van der Waals surface area (Å²) in [4.78, 5) is 13.8.